The second-order valence-electron chi connectivity index (χ2n) is 7.08. The van der Waals surface area contributed by atoms with Crippen molar-refractivity contribution in [3.05, 3.63) is 53.6 Å². The Hall–Kier alpha value is -2.54. The van der Waals surface area contributed by atoms with Gasteiger partial charge < -0.3 is 24.4 Å². The Labute approximate surface area is 175 Å². The highest BCUT2D eigenvalue weighted by atomic mass is 32.2. The van der Waals surface area contributed by atoms with E-state index in [2.05, 4.69) is 17.4 Å². The average molecular weight is 415 g/mol. The van der Waals surface area contributed by atoms with Crippen molar-refractivity contribution in [2.45, 2.75) is 18.1 Å². The molecule has 29 heavy (non-hydrogen) atoms. The third-order valence-corrected chi connectivity index (χ3v) is 6.57. The molecule has 7 heteroatoms. The van der Waals surface area contributed by atoms with Crippen LogP contribution in [-0.4, -0.2) is 50.2 Å². The number of benzene rings is 2. The molecule has 4 rings (SSSR count). The fourth-order valence-electron chi connectivity index (χ4n) is 3.57. The molecule has 2 aliphatic heterocycles. The van der Waals surface area contributed by atoms with Crippen LogP contribution in [0, 0.1) is 0 Å². The lowest BCUT2D eigenvalue weighted by Crippen LogP contribution is -2.41. The topological polar surface area (TPSA) is 60.0 Å². The number of methoxy groups -OCH3 is 1. The summed E-state index contributed by atoms with van der Waals surface area (Å²) in [5, 5.41) is 3.42. The summed E-state index contributed by atoms with van der Waals surface area (Å²) in [4.78, 5) is 14.5. The van der Waals surface area contributed by atoms with Gasteiger partial charge in [0.25, 0.3) is 0 Å². The van der Waals surface area contributed by atoms with E-state index < -0.39 is 0 Å². The second kappa shape index (κ2) is 9.31. The molecule has 1 atom stereocenters. The molecule has 1 saturated heterocycles. The standard InChI is InChI=1S/C22H26N2O4S/c1-26-18-5-2-16(3-6-18)8-10-23-22(25)24-11-9-21(29-13-12-24)17-4-7-19-20(14-17)28-15-27-19/h2-7,14,21H,8-13,15H2,1H3,(H,23,25). The molecule has 0 spiro atoms. The number of carbonyl (C=O) groups excluding carboxylic acids is 1. The number of nitrogens with zero attached hydrogens (tertiary/aromatic N) is 1. The highest BCUT2D eigenvalue weighted by Crippen LogP contribution is 2.40. The summed E-state index contributed by atoms with van der Waals surface area (Å²) in [5.74, 6) is 3.40. The lowest BCUT2D eigenvalue weighted by molar-refractivity contribution is 0.174. The zero-order valence-corrected chi connectivity index (χ0v) is 17.4. The van der Waals surface area contributed by atoms with Crippen molar-refractivity contribution in [1.29, 1.82) is 0 Å². The van der Waals surface area contributed by atoms with Crippen LogP contribution in [0.2, 0.25) is 0 Å². The molecule has 0 bridgehead atoms. The van der Waals surface area contributed by atoms with Gasteiger partial charge in [-0.15, -0.1) is 0 Å². The average Bonchev–Trinajstić information content (AvgIpc) is 3.08. The van der Waals surface area contributed by atoms with Crippen LogP contribution >= 0.6 is 11.8 Å². The maximum atomic E-state index is 12.6. The number of hydrogen-bond acceptors (Lipinski definition) is 5. The maximum Gasteiger partial charge on any atom is 0.317 e. The predicted molar refractivity (Wildman–Crippen MR) is 114 cm³/mol. The number of rotatable bonds is 5. The molecule has 0 saturated carbocycles. The van der Waals surface area contributed by atoms with E-state index in [1.54, 1.807) is 7.11 Å². The zero-order valence-electron chi connectivity index (χ0n) is 16.6. The molecule has 0 radical (unpaired) electrons. The molecule has 2 aromatic carbocycles. The summed E-state index contributed by atoms with van der Waals surface area (Å²) in [6.45, 7) is 2.43. The zero-order chi connectivity index (χ0) is 20.1. The molecule has 2 aromatic rings. The van der Waals surface area contributed by atoms with Gasteiger partial charge in [-0.25, -0.2) is 4.79 Å². The molecular weight excluding hydrogens is 388 g/mol. The Morgan fingerprint density at radius 3 is 2.83 bits per heavy atom. The second-order valence-corrected chi connectivity index (χ2v) is 8.39. The van der Waals surface area contributed by atoms with Crippen LogP contribution in [-0.2, 0) is 6.42 Å². The summed E-state index contributed by atoms with van der Waals surface area (Å²) in [7, 11) is 1.66. The number of urea groups is 1. The van der Waals surface area contributed by atoms with Crippen molar-refractivity contribution in [2.75, 3.05) is 39.3 Å². The maximum absolute atomic E-state index is 12.6. The number of amides is 2. The number of thioether (sulfide) groups is 1. The molecule has 0 aliphatic carbocycles. The summed E-state index contributed by atoms with van der Waals surface area (Å²) < 4.78 is 16.1. The minimum atomic E-state index is 0.0189. The van der Waals surface area contributed by atoms with Crippen molar-refractivity contribution >= 4 is 17.8 Å². The first-order valence-electron chi connectivity index (χ1n) is 9.90. The molecule has 6 nitrogen and oxygen atoms in total. The summed E-state index contributed by atoms with van der Waals surface area (Å²) in [6, 6.07) is 14.1. The van der Waals surface area contributed by atoms with Gasteiger partial charge >= 0.3 is 6.03 Å². The Morgan fingerprint density at radius 2 is 2.00 bits per heavy atom. The van der Waals surface area contributed by atoms with E-state index in [0.29, 0.717) is 18.6 Å². The largest absolute Gasteiger partial charge is 0.497 e. The van der Waals surface area contributed by atoms with Crippen molar-refractivity contribution in [3.63, 3.8) is 0 Å². The van der Waals surface area contributed by atoms with Gasteiger partial charge in [0.15, 0.2) is 11.5 Å². The molecular formula is C22H26N2O4S. The van der Waals surface area contributed by atoms with Gasteiger partial charge in [-0.3, -0.25) is 0 Å². The lowest BCUT2D eigenvalue weighted by Gasteiger charge is -2.21. The van der Waals surface area contributed by atoms with Gasteiger partial charge in [-0.05, 0) is 48.2 Å². The Bertz CT molecular complexity index is 843. The van der Waals surface area contributed by atoms with Crippen molar-refractivity contribution in [2.24, 2.45) is 0 Å². The van der Waals surface area contributed by atoms with Crippen LogP contribution in [0.5, 0.6) is 17.2 Å². The van der Waals surface area contributed by atoms with E-state index in [4.69, 9.17) is 14.2 Å². The first-order valence-corrected chi connectivity index (χ1v) is 10.9. The van der Waals surface area contributed by atoms with Gasteiger partial charge in [-0.2, -0.15) is 11.8 Å². The number of hydrogen-bond donors (Lipinski definition) is 1. The first kappa shape index (κ1) is 19.8. The molecule has 0 aromatic heterocycles. The SMILES string of the molecule is COc1ccc(CCNC(=O)N2CCSC(c3ccc4c(c3)OCO4)CC2)cc1. The Kier molecular flexibility index (Phi) is 6.34. The van der Waals surface area contributed by atoms with Crippen LogP contribution in [0.25, 0.3) is 0 Å². The third-order valence-electron chi connectivity index (χ3n) is 5.25. The van der Waals surface area contributed by atoms with Crippen molar-refractivity contribution < 1.29 is 19.0 Å². The molecule has 1 fully saturated rings. The van der Waals surface area contributed by atoms with Gasteiger partial charge in [-0.1, -0.05) is 18.2 Å². The molecule has 1 unspecified atom stereocenters. The summed E-state index contributed by atoms with van der Waals surface area (Å²) >= 11 is 1.90. The van der Waals surface area contributed by atoms with E-state index >= 15 is 0 Å². The van der Waals surface area contributed by atoms with Gasteiger partial charge in [0.2, 0.25) is 6.79 Å². The molecule has 1 N–H and O–H groups in total. The monoisotopic (exact) mass is 414 g/mol. The van der Waals surface area contributed by atoms with Crippen LogP contribution < -0.4 is 19.5 Å². The number of ether oxygens (including phenoxy) is 3. The Balaban J connectivity index is 1.26. The van der Waals surface area contributed by atoms with Crippen LogP contribution in [0.15, 0.2) is 42.5 Å². The van der Waals surface area contributed by atoms with E-state index in [-0.39, 0.29) is 6.03 Å². The number of nitrogens with one attached hydrogen (secondary N) is 1. The first-order chi connectivity index (χ1) is 14.2. The fraction of sp³-hybridized carbons (Fsp3) is 0.409. The van der Waals surface area contributed by atoms with E-state index in [9.17, 15) is 4.79 Å². The number of fused-ring (bicyclic) bond motifs is 1. The van der Waals surface area contributed by atoms with Crippen LogP contribution in [0.4, 0.5) is 4.79 Å². The van der Waals surface area contributed by atoms with Crippen LogP contribution in [0.3, 0.4) is 0 Å². The summed E-state index contributed by atoms with van der Waals surface area (Å²) in [6.07, 6.45) is 1.73. The molecule has 154 valence electrons. The van der Waals surface area contributed by atoms with Crippen molar-refractivity contribution in [3.8, 4) is 17.2 Å². The predicted octanol–water partition coefficient (Wildman–Crippen LogP) is 3.86. The van der Waals surface area contributed by atoms with Crippen molar-refractivity contribution in [1.82, 2.24) is 10.2 Å². The Morgan fingerprint density at radius 1 is 1.17 bits per heavy atom. The normalized spacial score (nSPS) is 18.2. The van der Waals surface area contributed by atoms with E-state index in [1.165, 1.54) is 11.1 Å². The highest BCUT2D eigenvalue weighted by molar-refractivity contribution is 7.99. The van der Waals surface area contributed by atoms with Gasteiger partial charge in [0.05, 0.1) is 7.11 Å². The van der Waals surface area contributed by atoms with Crippen LogP contribution in [0.1, 0.15) is 22.8 Å². The molecule has 2 amide bonds. The third kappa shape index (κ3) is 4.90. The fourth-order valence-corrected chi connectivity index (χ4v) is 4.79. The lowest BCUT2D eigenvalue weighted by atomic mass is 10.1. The minimum Gasteiger partial charge on any atom is -0.497 e. The van der Waals surface area contributed by atoms with E-state index in [1.807, 2.05) is 47.0 Å². The minimum absolute atomic E-state index is 0.0189. The summed E-state index contributed by atoms with van der Waals surface area (Å²) in [5.41, 5.74) is 2.42. The molecule has 2 aliphatic rings. The number of carbonyl (C=O) groups is 1. The molecule has 2 heterocycles. The van der Waals surface area contributed by atoms with E-state index in [0.717, 1.165) is 48.9 Å². The van der Waals surface area contributed by atoms with Gasteiger partial charge in [0, 0.05) is 30.6 Å². The highest BCUT2D eigenvalue weighted by Gasteiger charge is 2.23. The smallest absolute Gasteiger partial charge is 0.317 e. The quantitative estimate of drug-likeness (QED) is 0.805. The van der Waals surface area contributed by atoms with Gasteiger partial charge in [0.1, 0.15) is 5.75 Å².